The highest BCUT2D eigenvalue weighted by atomic mass is 32.2. The molecular formula is C23H26B2NO7S. The minimum atomic E-state index is -3.32. The number of sulfone groups is 1. The minimum absolute atomic E-state index is 0. The lowest BCUT2D eigenvalue weighted by Crippen LogP contribution is -2.29. The second-order valence-electron chi connectivity index (χ2n) is 8.00. The molecule has 3 rings (SSSR count). The van der Waals surface area contributed by atoms with E-state index < -0.39 is 22.6 Å². The number of hydrogen-bond acceptors (Lipinski definition) is 8. The molecule has 0 aliphatic heterocycles. The lowest BCUT2D eigenvalue weighted by molar-refractivity contribution is 0.0782. The van der Waals surface area contributed by atoms with Crippen LogP contribution in [0.5, 0.6) is 0 Å². The summed E-state index contributed by atoms with van der Waals surface area (Å²) in [5, 5.41) is 43.1. The quantitative estimate of drug-likeness (QED) is 0.252. The number of aliphatic hydroxyl groups is 1. The number of rotatable bonds is 6. The van der Waals surface area contributed by atoms with Crippen LogP contribution in [0.1, 0.15) is 36.2 Å². The van der Waals surface area contributed by atoms with Crippen LogP contribution in [-0.2, 0) is 15.4 Å². The second kappa shape index (κ2) is 11.6. The van der Waals surface area contributed by atoms with Crippen LogP contribution in [-0.4, -0.2) is 59.7 Å². The predicted octanol–water partition coefficient (Wildman–Crippen LogP) is 0.486. The van der Waals surface area contributed by atoms with Crippen molar-refractivity contribution in [1.29, 1.82) is 0 Å². The fourth-order valence-electron chi connectivity index (χ4n) is 3.08. The molecule has 1 radical (unpaired) electrons. The molecule has 11 heteroatoms. The van der Waals surface area contributed by atoms with Gasteiger partial charge in [0.25, 0.3) is 0 Å². The van der Waals surface area contributed by atoms with Gasteiger partial charge in [0.05, 0.1) is 16.2 Å². The van der Waals surface area contributed by atoms with Gasteiger partial charge in [-0.2, -0.15) is 0 Å². The van der Waals surface area contributed by atoms with Crippen LogP contribution < -0.4 is 5.46 Å². The average molecular weight is 482 g/mol. The number of benzene rings is 2. The lowest BCUT2D eigenvalue weighted by atomic mass is 9.79. The van der Waals surface area contributed by atoms with E-state index >= 15 is 0 Å². The molecule has 1 heterocycles. The van der Waals surface area contributed by atoms with Crippen LogP contribution in [0.15, 0.2) is 71.8 Å². The minimum Gasteiger partial charge on any atom is -0.429 e. The highest BCUT2D eigenvalue weighted by Gasteiger charge is 2.17. The summed E-state index contributed by atoms with van der Waals surface area (Å²) in [5.74, 6) is 0. The summed E-state index contributed by atoms with van der Waals surface area (Å²) in [7, 11) is -4.91. The van der Waals surface area contributed by atoms with Gasteiger partial charge in [0, 0.05) is 23.6 Å². The fourth-order valence-corrected chi connectivity index (χ4v) is 3.71. The second-order valence-corrected chi connectivity index (χ2v) is 10.0. The van der Waals surface area contributed by atoms with Crippen LogP contribution in [0, 0.1) is 0 Å². The van der Waals surface area contributed by atoms with E-state index in [0.717, 1.165) is 17.4 Å². The van der Waals surface area contributed by atoms with Crippen molar-refractivity contribution in [3.05, 3.63) is 89.2 Å². The van der Waals surface area contributed by atoms with Crippen molar-refractivity contribution in [3.63, 3.8) is 0 Å². The van der Waals surface area contributed by atoms with Gasteiger partial charge in [-0.15, -0.1) is 0 Å². The SMILES string of the molecule is CC(C)(O)c1ccc(/C(=C/c2cccc(B(O)O)c2)c2ccc(S(C)(=O)=O)cc2)nc1.O[B]O. The molecule has 3 aromatic rings. The van der Waals surface area contributed by atoms with Crippen molar-refractivity contribution >= 4 is 41.8 Å². The van der Waals surface area contributed by atoms with Gasteiger partial charge in [-0.1, -0.05) is 42.5 Å². The van der Waals surface area contributed by atoms with E-state index in [1.54, 1.807) is 62.5 Å². The molecule has 0 unspecified atom stereocenters. The number of aromatic nitrogens is 1. The number of pyridine rings is 1. The summed E-state index contributed by atoms with van der Waals surface area (Å²) in [5.41, 5.74) is 2.78. The third-order valence-electron chi connectivity index (χ3n) is 4.86. The molecule has 0 aliphatic carbocycles. The van der Waals surface area contributed by atoms with Crippen molar-refractivity contribution in [1.82, 2.24) is 4.98 Å². The first-order chi connectivity index (χ1) is 15.9. The van der Waals surface area contributed by atoms with E-state index in [2.05, 4.69) is 4.98 Å². The first kappa shape index (κ1) is 27.5. The molecule has 5 N–H and O–H groups in total. The molecule has 2 aromatic carbocycles. The van der Waals surface area contributed by atoms with Gasteiger partial charge in [-0.25, -0.2) is 8.42 Å². The molecule has 0 fully saturated rings. The molecule has 0 saturated carbocycles. The Bertz CT molecular complexity index is 1220. The molecule has 0 spiro atoms. The predicted molar refractivity (Wildman–Crippen MR) is 132 cm³/mol. The zero-order chi connectivity index (χ0) is 25.5. The topological polar surface area (TPSA) is 148 Å². The lowest BCUT2D eigenvalue weighted by Gasteiger charge is -2.18. The van der Waals surface area contributed by atoms with E-state index in [1.165, 1.54) is 12.1 Å². The van der Waals surface area contributed by atoms with E-state index in [-0.39, 0.29) is 12.6 Å². The monoisotopic (exact) mass is 482 g/mol. The third-order valence-corrected chi connectivity index (χ3v) is 5.99. The van der Waals surface area contributed by atoms with Crippen molar-refractivity contribution in [2.75, 3.05) is 6.26 Å². The summed E-state index contributed by atoms with van der Waals surface area (Å²) in [4.78, 5) is 4.72. The van der Waals surface area contributed by atoms with Crippen molar-refractivity contribution in [2.45, 2.75) is 24.3 Å². The molecular weight excluding hydrogens is 456 g/mol. The average Bonchev–Trinajstić information content (AvgIpc) is 2.77. The van der Waals surface area contributed by atoms with Gasteiger partial charge in [0.1, 0.15) is 0 Å². The Balaban J connectivity index is 0.00000129. The summed E-state index contributed by atoms with van der Waals surface area (Å²) in [6, 6.07) is 16.9. The number of nitrogens with zero attached hydrogens (tertiary/aromatic N) is 1. The van der Waals surface area contributed by atoms with Crippen LogP contribution in [0.25, 0.3) is 11.6 Å². The molecule has 0 atom stereocenters. The Morgan fingerprint density at radius 3 is 2.12 bits per heavy atom. The van der Waals surface area contributed by atoms with Gasteiger partial charge in [0.2, 0.25) is 0 Å². The van der Waals surface area contributed by atoms with Gasteiger partial charge in [-0.3, -0.25) is 4.98 Å². The summed E-state index contributed by atoms with van der Waals surface area (Å²) in [6.07, 6.45) is 4.59. The first-order valence-corrected chi connectivity index (χ1v) is 12.0. The molecule has 8 nitrogen and oxygen atoms in total. The van der Waals surface area contributed by atoms with Gasteiger partial charge >= 0.3 is 14.8 Å². The zero-order valence-corrected chi connectivity index (χ0v) is 19.8. The van der Waals surface area contributed by atoms with Gasteiger partial charge in [0.15, 0.2) is 9.84 Å². The molecule has 1 aromatic heterocycles. The van der Waals surface area contributed by atoms with Gasteiger partial charge < -0.3 is 25.2 Å². The van der Waals surface area contributed by atoms with Crippen LogP contribution in [0.3, 0.4) is 0 Å². The van der Waals surface area contributed by atoms with Crippen molar-refractivity contribution in [3.8, 4) is 0 Å². The molecule has 0 bridgehead atoms. The molecule has 177 valence electrons. The largest absolute Gasteiger partial charge is 0.488 e. The Hall–Kier alpha value is -2.79. The number of hydrogen-bond donors (Lipinski definition) is 5. The van der Waals surface area contributed by atoms with E-state index in [0.29, 0.717) is 22.3 Å². The smallest absolute Gasteiger partial charge is 0.429 e. The molecule has 0 aliphatic rings. The highest BCUT2D eigenvalue weighted by Crippen LogP contribution is 2.27. The van der Waals surface area contributed by atoms with E-state index in [4.69, 9.17) is 10.0 Å². The Morgan fingerprint density at radius 1 is 1.03 bits per heavy atom. The summed E-state index contributed by atoms with van der Waals surface area (Å²) >= 11 is 0. The Morgan fingerprint density at radius 2 is 1.65 bits per heavy atom. The molecule has 0 saturated heterocycles. The van der Waals surface area contributed by atoms with Crippen LogP contribution in [0.4, 0.5) is 0 Å². The Labute approximate surface area is 200 Å². The highest BCUT2D eigenvalue weighted by molar-refractivity contribution is 7.90. The van der Waals surface area contributed by atoms with E-state index in [1.807, 2.05) is 12.1 Å². The Kier molecular flexibility index (Phi) is 9.34. The maximum Gasteiger partial charge on any atom is 0.488 e. The summed E-state index contributed by atoms with van der Waals surface area (Å²) < 4.78 is 23.6. The van der Waals surface area contributed by atoms with E-state index in [9.17, 15) is 23.6 Å². The fraction of sp³-hybridized carbons (Fsp3) is 0.174. The zero-order valence-electron chi connectivity index (χ0n) is 19.0. The third kappa shape index (κ3) is 7.63. The maximum atomic E-state index is 11.8. The van der Waals surface area contributed by atoms with Crippen molar-refractivity contribution in [2.24, 2.45) is 0 Å². The van der Waals surface area contributed by atoms with Crippen molar-refractivity contribution < 1.29 is 33.6 Å². The molecule has 34 heavy (non-hydrogen) atoms. The summed E-state index contributed by atoms with van der Waals surface area (Å²) in [6.45, 7) is 3.35. The normalized spacial score (nSPS) is 11.9. The van der Waals surface area contributed by atoms with Crippen LogP contribution in [0.2, 0.25) is 0 Å². The maximum absolute atomic E-state index is 11.8. The van der Waals surface area contributed by atoms with Crippen LogP contribution >= 0.6 is 0 Å². The molecule has 0 amide bonds. The van der Waals surface area contributed by atoms with Gasteiger partial charge in [-0.05, 0) is 54.7 Å². The first-order valence-electron chi connectivity index (χ1n) is 10.1. The standard InChI is InChI=1S/C23H24BNO5S.BH2O2/c1-23(2,26)18-9-12-22(25-15-18)21(14-16-5-4-6-19(13-16)24(27)28)17-7-10-20(11-8-17)31(3,29)30;2-1-3/h4-15,26-28H,1-3H3;2-3H/b21-14+;.